The highest BCUT2D eigenvalue weighted by Gasteiger charge is 2.14. The van der Waals surface area contributed by atoms with Gasteiger partial charge < -0.3 is 10.1 Å². The highest BCUT2D eigenvalue weighted by molar-refractivity contribution is 7.80. The molecule has 1 aliphatic heterocycles. The van der Waals surface area contributed by atoms with Gasteiger partial charge in [-0.2, -0.15) is 0 Å². The number of carbonyl (C=O) groups excluding carboxylic acids is 1. The van der Waals surface area contributed by atoms with E-state index >= 15 is 0 Å². The summed E-state index contributed by atoms with van der Waals surface area (Å²) in [5.74, 6) is 0.551. The molecule has 1 N–H and O–H groups in total. The quantitative estimate of drug-likeness (QED) is 0.818. The van der Waals surface area contributed by atoms with Crippen molar-refractivity contribution < 1.29 is 9.53 Å². The molecule has 0 saturated carbocycles. The number of amides is 1. The Balaban J connectivity index is 1.73. The molecule has 18 heavy (non-hydrogen) atoms. The van der Waals surface area contributed by atoms with Gasteiger partial charge in [-0.1, -0.05) is 12.1 Å². The third kappa shape index (κ3) is 4.35. The Morgan fingerprint density at radius 3 is 2.83 bits per heavy atom. The maximum absolute atomic E-state index is 11.8. The SMILES string of the molecule is O=C(Cc1ccc(S)cc1)NCC1CCCOC1. The Morgan fingerprint density at radius 2 is 2.17 bits per heavy atom. The van der Waals surface area contributed by atoms with Gasteiger partial charge in [-0.05, 0) is 36.5 Å². The fourth-order valence-corrected chi connectivity index (χ4v) is 2.24. The number of hydrogen-bond donors (Lipinski definition) is 2. The van der Waals surface area contributed by atoms with E-state index in [1.807, 2.05) is 24.3 Å². The number of nitrogens with one attached hydrogen (secondary N) is 1. The Bertz CT molecular complexity index is 385. The minimum absolute atomic E-state index is 0.0764. The molecule has 1 amide bonds. The molecule has 4 heteroatoms. The molecule has 1 aromatic carbocycles. The molecule has 1 saturated heterocycles. The van der Waals surface area contributed by atoms with Crippen molar-refractivity contribution in [2.45, 2.75) is 24.2 Å². The van der Waals surface area contributed by atoms with Crippen LogP contribution in [-0.2, 0) is 16.0 Å². The molecule has 1 unspecified atom stereocenters. The zero-order chi connectivity index (χ0) is 12.8. The highest BCUT2D eigenvalue weighted by atomic mass is 32.1. The van der Waals surface area contributed by atoms with E-state index in [4.69, 9.17) is 4.74 Å². The van der Waals surface area contributed by atoms with Crippen LogP contribution >= 0.6 is 12.6 Å². The van der Waals surface area contributed by atoms with Gasteiger partial charge in [0.15, 0.2) is 0 Å². The molecule has 0 radical (unpaired) electrons. The van der Waals surface area contributed by atoms with E-state index in [0.29, 0.717) is 12.3 Å². The van der Waals surface area contributed by atoms with Gasteiger partial charge in [-0.3, -0.25) is 4.79 Å². The summed E-state index contributed by atoms with van der Waals surface area (Å²) in [6.07, 6.45) is 2.68. The Labute approximate surface area is 113 Å². The van der Waals surface area contributed by atoms with Gasteiger partial charge in [-0.15, -0.1) is 12.6 Å². The van der Waals surface area contributed by atoms with E-state index in [-0.39, 0.29) is 5.91 Å². The lowest BCUT2D eigenvalue weighted by molar-refractivity contribution is -0.120. The van der Waals surface area contributed by atoms with Crippen LogP contribution in [0.2, 0.25) is 0 Å². The van der Waals surface area contributed by atoms with Crippen LogP contribution in [0.3, 0.4) is 0 Å². The van der Waals surface area contributed by atoms with E-state index in [1.54, 1.807) is 0 Å². The van der Waals surface area contributed by atoms with Gasteiger partial charge in [0.05, 0.1) is 13.0 Å². The zero-order valence-corrected chi connectivity index (χ0v) is 11.3. The van der Waals surface area contributed by atoms with Gasteiger partial charge in [0.25, 0.3) is 0 Å². The maximum atomic E-state index is 11.8. The molecule has 0 aliphatic carbocycles. The van der Waals surface area contributed by atoms with Crippen LogP contribution in [0.1, 0.15) is 18.4 Å². The Hall–Kier alpha value is -1.00. The summed E-state index contributed by atoms with van der Waals surface area (Å²) in [5.41, 5.74) is 1.02. The van der Waals surface area contributed by atoms with E-state index < -0.39 is 0 Å². The smallest absolute Gasteiger partial charge is 0.224 e. The van der Waals surface area contributed by atoms with Gasteiger partial charge in [-0.25, -0.2) is 0 Å². The fraction of sp³-hybridized carbons (Fsp3) is 0.500. The first-order chi connectivity index (χ1) is 8.74. The summed E-state index contributed by atoms with van der Waals surface area (Å²) in [7, 11) is 0. The fourth-order valence-electron chi connectivity index (χ4n) is 2.09. The molecule has 1 atom stereocenters. The molecule has 1 aliphatic rings. The topological polar surface area (TPSA) is 38.3 Å². The normalized spacial score (nSPS) is 19.5. The number of thiol groups is 1. The molecule has 98 valence electrons. The molecular weight excluding hydrogens is 246 g/mol. The van der Waals surface area contributed by atoms with Gasteiger partial charge in [0.1, 0.15) is 0 Å². The third-order valence-electron chi connectivity index (χ3n) is 3.14. The average Bonchev–Trinajstić information content (AvgIpc) is 2.40. The van der Waals surface area contributed by atoms with Crippen molar-refractivity contribution in [2.24, 2.45) is 5.92 Å². The average molecular weight is 265 g/mol. The summed E-state index contributed by atoms with van der Waals surface area (Å²) in [5, 5.41) is 2.98. The van der Waals surface area contributed by atoms with E-state index in [2.05, 4.69) is 17.9 Å². The Kier molecular flexibility index (Phi) is 5.08. The number of benzene rings is 1. The molecule has 0 bridgehead atoms. The standard InChI is InChI=1S/C14H19NO2S/c16-14(8-11-3-5-13(18)6-4-11)15-9-12-2-1-7-17-10-12/h3-6,12,18H,1-2,7-10H2,(H,15,16). The van der Waals surface area contributed by atoms with Crippen LogP contribution in [0.4, 0.5) is 0 Å². The molecule has 1 aromatic rings. The minimum Gasteiger partial charge on any atom is -0.381 e. The van der Waals surface area contributed by atoms with Crippen LogP contribution in [0.15, 0.2) is 29.2 Å². The highest BCUT2D eigenvalue weighted by Crippen LogP contribution is 2.12. The summed E-state index contributed by atoms with van der Waals surface area (Å²) in [6, 6.07) is 7.68. The maximum Gasteiger partial charge on any atom is 0.224 e. The Morgan fingerprint density at radius 1 is 1.39 bits per heavy atom. The monoisotopic (exact) mass is 265 g/mol. The minimum atomic E-state index is 0.0764. The molecular formula is C14H19NO2S. The molecule has 1 heterocycles. The summed E-state index contributed by atoms with van der Waals surface area (Å²) >= 11 is 4.22. The molecule has 0 aromatic heterocycles. The van der Waals surface area contributed by atoms with E-state index in [9.17, 15) is 4.79 Å². The molecule has 0 spiro atoms. The first kappa shape index (κ1) is 13.4. The van der Waals surface area contributed by atoms with Crippen molar-refractivity contribution >= 4 is 18.5 Å². The lowest BCUT2D eigenvalue weighted by Crippen LogP contribution is -2.34. The van der Waals surface area contributed by atoms with E-state index in [0.717, 1.165) is 43.1 Å². The van der Waals surface area contributed by atoms with Crippen LogP contribution in [0, 0.1) is 5.92 Å². The number of carbonyl (C=O) groups is 1. The predicted molar refractivity (Wildman–Crippen MR) is 74.0 cm³/mol. The summed E-state index contributed by atoms with van der Waals surface area (Å²) in [6.45, 7) is 2.36. The number of hydrogen-bond acceptors (Lipinski definition) is 3. The largest absolute Gasteiger partial charge is 0.381 e. The first-order valence-corrected chi connectivity index (χ1v) is 6.81. The van der Waals surface area contributed by atoms with Gasteiger partial charge in [0.2, 0.25) is 5.91 Å². The summed E-state index contributed by atoms with van der Waals surface area (Å²) in [4.78, 5) is 12.7. The molecule has 3 nitrogen and oxygen atoms in total. The van der Waals surface area contributed by atoms with Crippen molar-refractivity contribution in [3.05, 3.63) is 29.8 Å². The second kappa shape index (κ2) is 6.81. The van der Waals surface area contributed by atoms with Crippen molar-refractivity contribution in [1.82, 2.24) is 5.32 Å². The van der Waals surface area contributed by atoms with Crippen molar-refractivity contribution in [3.63, 3.8) is 0 Å². The van der Waals surface area contributed by atoms with Gasteiger partial charge in [0, 0.05) is 18.0 Å². The lowest BCUT2D eigenvalue weighted by atomic mass is 10.0. The van der Waals surface area contributed by atoms with Crippen molar-refractivity contribution in [3.8, 4) is 0 Å². The first-order valence-electron chi connectivity index (χ1n) is 6.36. The van der Waals surface area contributed by atoms with E-state index in [1.165, 1.54) is 0 Å². The third-order valence-corrected chi connectivity index (χ3v) is 3.44. The van der Waals surface area contributed by atoms with Crippen LogP contribution in [0.5, 0.6) is 0 Å². The predicted octanol–water partition coefficient (Wildman–Crippen LogP) is 2.06. The second-order valence-corrected chi connectivity index (χ2v) is 5.25. The molecule has 2 rings (SSSR count). The van der Waals surface area contributed by atoms with Crippen LogP contribution in [-0.4, -0.2) is 25.7 Å². The lowest BCUT2D eigenvalue weighted by Gasteiger charge is -2.22. The van der Waals surface area contributed by atoms with Crippen molar-refractivity contribution in [1.29, 1.82) is 0 Å². The molecule has 1 fully saturated rings. The number of rotatable bonds is 4. The van der Waals surface area contributed by atoms with Crippen LogP contribution < -0.4 is 5.32 Å². The summed E-state index contributed by atoms with van der Waals surface area (Å²) < 4.78 is 5.39. The van der Waals surface area contributed by atoms with Crippen LogP contribution in [0.25, 0.3) is 0 Å². The number of ether oxygens (including phenoxy) is 1. The van der Waals surface area contributed by atoms with Crippen molar-refractivity contribution in [2.75, 3.05) is 19.8 Å². The second-order valence-electron chi connectivity index (χ2n) is 4.73. The zero-order valence-electron chi connectivity index (χ0n) is 10.4. The van der Waals surface area contributed by atoms with Gasteiger partial charge >= 0.3 is 0 Å².